The van der Waals surface area contributed by atoms with Crippen LogP contribution in [-0.2, 0) is 28.0 Å². The molecule has 0 saturated carbocycles. The Balaban J connectivity index is 1.26. The van der Waals surface area contributed by atoms with Crippen molar-refractivity contribution >= 4 is 29.5 Å². The Morgan fingerprint density at radius 2 is 1.83 bits per heavy atom. The molecule has 12 heteroatoms. The maximum Gasteiger partial charge on any atom is 0.242 e. The zero-order valence-corrected chi connectivity index (χ0v) is 28.7. The van der Waals surface area contributed by atoms with Gasteiger partial charge in [0.1, 0.15) is 19.3 Å². The normalized spacial score (nSPS) is 21.3. The quantitative estimate of drug-likeness (QED) is 0.430. The molecule has 5 rings (SSSR count). The largest absolute Gasteiger partial charge is 0.486 e. The summed E-state index contributed by atoms with van der Waals surface area (Å²) >= 11 is 1.59. The van der Waals surface area contributed by atoms with Crippen molar-refractivity contribution in [3.8, 4) is 11.5 Å². The van der Waals surface area contributed by atoms with Crippen molar-refractivity contribution in [1.82, 2.24) is 29.8 Å². The number of nitrogens with one attached hydrogen (secondary N) is 1. The highest BCUT2D eigenvalue weighted by Gasteiger charge is 2.42. The first-order valence-electron chi connectivity index (χ1n) is 16.8. The van der Waals surface area contributed by atoms with E-state index in [-0.39, 0.29) is 29.7 Å². The fourth-order valence-corrected chi connectivity index (χ4v) is 7.39. The predicted molar refractivity (Wildman–Crippen MR) is 178 cm³/mol. The van der Waals surface area contributed by atoms with Gasteiger partial charge in [-0.1, -0.05) is 13.8 Å². The van der Waals surface area contributed by atoms with Gasteiger partial charge < -0.3 is 24.6 Å². The van der Waals surface area contributed by atoms with Crippen molar-refractivity contribution in [3.05, 3.63) is 35.7 Å². The Labute approximate surface area is 277 Å². The van der Waals surface area contributed by atoms with Gasteiger partial charge >= 0.3 is 0 Å². The summed E-state index contributed by atoms with van der Waals surface area (Å²) in [6, 6.07) is 5.08. The molecule has 2 aromatic rings. The van der Waals surface area contributed by atoms with Gasteiger partial charge in [0, 0.05) is 74.5 Å². The zero-order chi connectivity index (χ0) is 32.6. The number of aromatic nitrogens is 2. The van der Waals surface area contributed by atoms with Crippen LogP contribution in [0.5, 0.6) is 11.5 Å². The number of hydrogen-bond donors (Lipinski definition) is 1. The number of ether oxygens (including phenoxy) is 2. The van der Waals surface area contributed by atoms with E-state index in [2.05, 4.69) is 36.1 Å². The standard InChI is InChI=1S/C34H50N6O5S/c1-24(2)18-33(42)39-14-7-13-38(22-26-21-36-37(4)25(26)3)12-6-5-11-35-34(43)29-19-27(39)23-40(29)32(41)10-17-46-28-8-9-30-31(20-28)45-16-15-44-30/h8-9,20-21,24,27,29H,5-7,10-19,22-23H2,1-4H3,(H,35,43)/t27-,29-/m0/s1. The summed E-state index contributed by atoms with van der Waals surface area (Å²) in [5, 5.41) is 7.54. The van der Waals surface area contributed by atoms with Crippen LogP contribution in [0.4, 0.5) is 0 Å². The summed E-state index contributed by atoms with van der Waals surface area (Å²) < 4.78 is 13.2. The number of likely N-dealkylation sites (tertiary alicyclic amines) is 1. The second-order valence-electron chi connectivity index (χ2n) is 13.0. The summed E-state index contributed by atoms with van der Waals surface area (Å²) in [7, 11) is 1.96. The number of aryl methyl sites for hydroxylation is 1. The summed E-state index contributed by atoms with van der Waals surface area (Å²) in [6.45, 7) is 11.4. The maximum atomic E-state index is 13.7. The predicted octanol–water partition coefficient (Wildman–Crippen LogP) is 3.63. The molecular formula is C34H50N6O5S. The second-order valence-corrected chi connectivity index (χ2v) is 14.2. The van der Waals surface area contributed by atoms with Crippen LogP contribution in [0.2, 0.25) is 0 Å². The average Bonchev–Trinajstić information content (AvgIpc) is 3.61. The van der Waals surface area contributed by atoms with Crippen molar-refractivity contribution in [1.29, 1.82) is 0 Å². The van der Waals surface area contributed by atoms with E-state index >= 15 is 0 Å². The van der Waals surface area contributed by atoms with Crippen molar-refractivity contribution in [2.75, 3.05) is 51.7 Å². The van der Waals surface area contributed by atoms with Crippen LogP contribution >= 0.6 is 11.8 Å². The van der Waals surface area contributed by atoms with Gasteiger partial charge in [-0.25, -0.2) is 0 Å². The first-order valence-corrected chi connectivity index (χ1v) is 17.8. The Kier molecular flexibility index (Phi) is 11.9. The third-order valence-corrected chi connectivity index (χ3v) is 10.1. The molecule has 2 saturated heterocycles. The monoisotopic (exact) mass is 654 g/mol. The molecule has 2 bridgehead atoms. The average molecular weight is 655 g/mol. The van der Waals surface area contributed by atoms with Gasteiger partial charge in [0.15, 0.2) is 11.5 Å². The zero-order valence-electron chi connectivity index (χ0n) is 27.8. The molecule has 3 aliphatic rings. The van der Waals surface area contributed by atoms with Crippen molar-refractivity contribution in [2.45, 2.75) is 82.8 Å². The number of carbonyl (C=O) groups excluding carboxylic acids is 3. The van der Waals surface area contributed by atoms with E-state index in [0.717, 1.165) is 61.0 Å². The molecule has 2 fully saturated rings. The number of amides is 3. The van der Waals surface area contributed by atoms with E-state index in [1.165, 1.54) is 5.56 Å². The fourth-order valence-electron chi connectivity index (χ4n) is 6.52. The highest BCUT2D eigenvalue weighted by Crippen LogP contribution is 2.34. The first kappa shape index (κ1) is 34.1. The molecule has 1 aromatic heterocycles. The van der Waals surface area contributed by atoms with Crippen LogP contribution in [0.15, 0.2) is 29.3 Å². The smallest absolute Gasteiger partial charge is 0.242 e. The molecule has 1 aromatic carbocycles. The topological polar surface area (TPSA) is 109 Å². The third kappa shape index (κ3) is 8.76. The number of hydrogen-bond acceptors (Lipinski definition) is 8. The van der Waals surface area contributed by atoms with E-state index in [4.69, 9.17) is 9.47 Å². The number of fused-ring (bicyclic) bond motifs is 3. The van der Waals surface area contributed by atoms with Gasteiger partial charge in [-0.3, -0.25) is 24.0 Å². The highest BCUT2D eigenvalue weighted by atomic mass is 32.2. The number of benzene rings is 1. The van der Waals surface area contributed by atoms with Crippen LogP contribution in [0, 0.1) is 12.8 Å². The Morgan fingerprint density at radius 3 is 2.59 bits per heavy atom. The SMILES string of the molecule is Cc1c(CN2CCCCNC(=O)[C@@H]3C[C@@H](CN3C(=O)CCSc3ccc4c(c3)OCCO4)N(C(=O)CC(C)C)CCC2)cnn1C. The molecule has 2 atom stereocenters. The Morgan fingerprint density at radius 1 is 1.04 bits per heavy atom. The number of thioether (sulfide) groups is 1. The van der Waals surface area contributed by atoms with Gasteiger partial charge in [-0.15, -0.1) is 11.8 Å². The Bertz CT molecular complexity index is 1370. The number of carbonyl (C=O) groups is 3. The van der Waals surface area contributed by atoms with Crippen molar-refractivity contribution in [3.63, 3.8) is 0 Å². The number of nitrogens with zero attached hydrogens (tertiary/aromatic N) is 5. The lowest BCUT2D eigenvalue weighted by molar-refractivity contribution is -0.138. The summed E-state index contributed by atoms with van der Waals surface area (Å²) in [6.07, 6.45) is 5.81. The van der Waals surface area contributed by atoms with Crippen LogP contribution in [-0.4, -0.2) is 106 Å². The highest BCUT2D eigenvalue weighted by molar-refractivity contribution is 7.99. The van der Waals surface area contributed by atoms with Crippen LogP contribution < -0.4 is 14.8 Å². The first-order chi connectivity index (χ1) is 22.2. The molecule has 3 aliphatic heterocycles. The summed E-state index contributed by atoms with van der Waals surface area (Å²) in [5.41, 5.74) is 2.37. The molecule has 0 unspecified atom stereocenters. The van der Waals surface area contributed by atoms with Gasteiger partial charge in [-0.05, 0) is 63.3 Å². The molecule has 11 nitrogen and oxygen atoms in total. The minimum absolute atomic E-state index is 0.0497. The molecular weight excluding hydrogens is 604 g/mol. The van der Waals surface area contributed by atoms with Gasteiger partial charge in [0.25, 0.3) is 0 Å². The Hall–Kier alpha value is -3.25. The van der Waals surface area contributed by atoms with Crippen molar-refractivity contribution in [2.24, 2.45) is 13.0 Å². The molecule has 3 amide bonds. The molecule has 46 heavy (non-hydrogen) atoms. The molecule has 252 valence electrons. The molecule has 0 spiro atoms. The summed E-state index contributed by atoms with van der Waals surface area (Å²) in [4.78, 5) is 48.0. The van der Waals surface area contributed by atoms with Crippen molar-refractivity contribution < 1.29 is 23.9 Å². The second kappa shape index (κ2) is 16.0. The van der Waals surface area contributed by atoms with E-state index in [0.29, 0.717) is 57.9 Å². The third-order valence-electron chi connectivity index (χ3n) is 9.15. The molecule has 0 aliphatic carbocycles. The number of rotatable bonds is 8. The van der Waals surface area contributed by atoms with Gasteiger partial charge in [-0.2, -0.15) is 5.10 Å². The lowest BCUT2D eigenvalue weighted by Crippen LogP contribution is -2.46. The summed E-state index contributed by atoms with van der Waals surface area (Å²) in [5.74, 6) is 2.21. The van der Waals surface area contributed by atoms with Crippen LogP contribution in [0.1, 0.15) is 63.6 Å². The van der Waals surface area contributed by atoms with E-state index in [1.807, 2.05) is 41.0 Å². The minimum Gasteiger partial charge on any atom is -0.486 e. The van der Waals surface area contributed by atoms with Gasteiger partial charge in [0.2, 0.25) is 17.7 Å². The van der Waals surface area contributed by atoms with Crippen LogP contribution in [0.3, 0.4) is 0 Å². The lowest BCUT2D eigenvalue weighted by atomic mass is 10.1. The van der Waals surface area contributed by atoms with Crippen LogP contribution in [0.25, 0.3) is 0 Å². The lowest BCUT2D eigenvalue weighted by Gasteiger charge is -2.31. The van der Waals surface area contributed by atoms with Gasteiger partial charge in [0.05, 0.1) is 12.2 Å². The maximum absolute atomic E-state index is 13.7. The molecule has 1 N–H and O–H groups in total. The molecule has 0 radical (unpaired) electrons. The van der Waals surface area contributed by atoms with E-state index < -0.39 is 6.04 Å². The fraction of sp³-hybridized carbons (Fsp3) is 0.647. The van der Waals surface area contributed by atoms with E-state index in [1.54, 1.807) is 16.7 Å². The molecule has 4 heterocycles. The van der Waals surface area contributed by atoms with E-state index in [9.17, 15) is 14.4 Å². The minimum atomic E-state index is -0.570.